The second kappa shape index (κ2) is 11.3. The van der Waals surface area contributed by atoms with Crippen molar-refractivity contribution in [2.75, 3.05) is 18.9 Å². The Morgan fingerprint density at radius 1 is 1.33 bits per heavy atom. The van der Waals surface area contributed by atoms with Crippen LogP contribution in [0.4, 0.5) is 5.95 Å². The minimum absolute atomic E-state index is 0.0392. The number of aromatic nitrogens is 7. The standard InChI is InChI=1S/C19H21ClN8O12P2/c20-12-7-1-2-27(13(7)23-5-22-12)17(32)19(33,4-38-41(34)35)40-42(36,37)11-10(30)8(3-29)39-16(11)28-6-24-9-14(28)25-18(21)26-15(9)31/h1-2,5-6,8,10-11,16-17,29-30,32-33H,3-4H2,(H4-,21,25,26,31,34,35,36,37)/p+1/t8-,10-,11-,16-,17-,19-/m1/s1. The molecule has 0 spiro atoms. The monoisotopic (exact) mass is 651 g/mol. The number of nitrogens with one attached hydrogen (secondary N) is 1. The van der Waals surface area contributed by atoms with E-state index >= 15 is 0 Å². The van der Waals surface area contributed by atoms with Gasteiger partial charge in [-0.2, -0.15) is 4.98 Å². The molecule has 4 aromatic rings. The summed E-state index contributed by atoms with van der Waals surface area (Å²) in [6, 6.07) is 1.34. The van der Waals surface area contributed by atoms with Crippen molar-refractivity contribution in [1.29, 1.82) is 0 Å². The van der Waals surface area contributed by atoms with Crippen LogP contribution in [0, 0.1) is 0 Å². The molecule has 0 saturated carbocycles. The average Bonchev–Trinajstić information content (AvgIpc) is 3.62. The lowest BCUT2D eigenvalue weighted by molar-refractivity contribution is -0.248. The van der Waals surface area contributed by atoms with E-state index in [0.717, 1.165) is 28.0 Å². The molecule has 20 nitrogen and oxygen atoms in total. The maximum Gasteiger partial charge on any atom is 0.694 e. The zero-order valence-corrected chi connectivity index (χ0v) is 23.3. The van der Waals surface area contributed by atoms with Crippen LogP contribution in [0.15, 0.2) is 29.7 Å². The van der Waals surface area contributed by atoms with Gasteiger partial charge in [0, 0.05) is 10.8 Å². The summed E-state index contributed by atoms with van der Waals surface area (Å²) in [6.45, 7) is -2.21. The van der Waals surface area contributed by atoms with Crippen LogP contribution < -0.4 is 11.3 Å². The van der Waals surface area contributed by atoms with Crippen LogP contribution in [0.1, 0.15) is 12.5 Å². The van der Waals surface area contributed by atoms with E-state index in [1.807, 2.05) is 0 Å². The van der Waals surface area contributed by atoms with E-state index in [-0.39, 0.29) is 33.3 Å². The van der Waals surface area contributed by atoms with E-state index in [0.29, 0.717) is 0 Å². The largest absolute Gasteiger partial charge is 0.694 e. The Kier molecular flexibility index (Phi) is 8.18. The molecular weight excluding hydrogens is 630 g/mol. The zero-order valence-electron chi connectivity index (χ0n) is 20.8. The number of anilines is 1. The number of nitrogen functional groups attached to an aromatic ring is 1. The molecule has 5 rings (SSSR count). The van der Waals surface area contributed by atoms with Crippen LogP contribution in [-0.4, -0.2) is 101 Å². The molecule has 1 saturated heterocycles. The first-order valence-electron chi connectivity index (χ1n) is 11.6. The van der Waals surface area contributed by atoms with Gasteiger partial charge >= 0.3 is 15.9 Å². The lowest BCUT2D eigenvalue weighted by Crippen LogP contribution is -2.47. The predicted molar refractivity (Wildman–Crippen MR) is 139 cm³/mol. The van der Waals surface area contributed by atoms with Gasteiger partial charge in [0.2, 0.25) is 11.7 Å². The quantitative estimate of drug-likeness (QED) is 0.0547. The summed E-state index contributed by atoms with van der Waals surface area (Å²) in [5.41, 5.74) is 2.24. The molecule has 4 aromatic heterocycles. The normalized spacial score (nSPS) is 25.0. The molecule has 2 unspecified atom stereocenters. The average molecular weight is 652 g/mol. The first kappa shape index (κ1) is 30.5. The van der Waals surface area contributed by atoms with Gasteiger partial charge in [0.15, 0.2) is 30.2 Å². The maximum atomic E-state index is 13.9. The molecule has 0 bridgehead atoms. The van der Waals surface area contributed by atoms with E-state index < -0.39 is 70.7 Å². The third-order valence-corrected chi connectivity index (χ3v) is 8.96. The van der Waals surface area contributed by atoms with Gasteiger partial charge in [-0.15, -0.1) is 9.42 Å². The molecule has 0 amide bonds. The molecule has 0 radical (unpaired) electrons. The number of rotatable bonds is 10. The Labute approximate surface area is 238 Å². The molecule has 42 heavy (non-hydrogen) atoms. The number of H-pyrrole nitrogens is 1. The molecule has 23 heteroatoms. The summed E-state index contributed by atoms with van der Waals surface area (Å²) < 4.78 is 42.3. The summed E-state index contributed by atoms with van der Waals surface area (Å²) in [5.74, 6) is -3.62. The highest BCUT2D eigenvalue weighted by Gasteiger charge is 2.59. The van der Waals surface area contributed by atoms with E-state index in [2.05, 4.69) is 29.4 Å². The Morgan fingerprint density at radius 3 is 2.76 bits per heavy atom. The summed E-state index contributed by atoms with van der Waals surface area (Å²) in [4.78, 5) is 50.4. The summed E-state index contributed by atoms with van der Waals surface area (Å²) in [7, 11) is -8.89. The van der Waals surface area contributed by atoms with Crippen LogP contribution in [0.2, 0.25) is 5.15 Å². The van der Waals surface area contributed by atoms with Gasteiger partial charge in [-0.25, -0.2) is 15.0 Å². The van der Waals surface area contributed by atoms with Crippen LogP contribution in [0.25, 0.3) is 22.2 Å². The van der Waals surface area contributed by atoms with E-state index in [1.54, 1.807) is 0 Å². The second-order valence-electron chi connectivity index (χ2n) is 9.01. The summed E-state index contributed by atoms with van der Waals surface area (Å²) in [6.07, 6.45) is -4.34. The molecule has 0 aliphatic carbocycles. The van der Waals surface area contributed by atoms with Gasteiger partial charge in [0.05, 0.1) is 18.3 Å². The molecule has 9 N–H and O–H groups in total. The highest BCUT2D eigenvalue weighted by molar-refractivity contribution is 7.53. The fraction of sp³-hybridized carbons (Fsp3) is 0.421. The molecule has 226 valence electrons. The fourth-order valence-corrected chi connectivity index (χ4v) is 6.85. The molecular formula is C19H22ClN8O12P2+. The Balaban J connectivity index is 1.57. The van der Waals surface area contributed by atoms with Crippen molar-refractivity contribution < 1.29 is 53.1 Å². The van der Waals surface area contributed by atoms with E-state index in [1.165, 1.54) is 6.07 Å². The molecule has 1 fully saturated rings. The van der Waals surface area contributed by atoms with Crippen molar-refractivity contribution in [1.82, 2.24) is 34.1 Å². The number of nitrogens with two attached hydrogens (primary N) is 1. The molecule has 8 atom stereocenters. The van der Waals surface area contributed by atoms with Gasteiger partial charge < -0.3 is 40.4 Å². The number of aliphatic hydroxyl groups excluding tert-OH is 3. The van der Waals surface area contributed by atoms with Crippen molar-refractivity contribution in [2.24, 2.45) is 0 Å². The zero-order chi connectivity index (χ0) is 30.6. The lowest BCUT2D eigenvalue weighted by Gasteiger charge is -2.35. The number of aliphatic hydroxyl groups is 4. The number of ether oxygens (including phenoxy) is 1. The number of halogens is 1. The van der Waals surface area contributed by atoms with Crippen molar-refractivity contribution in [3.05, 3.63) is 40.4 Å². The SMILES string of the molecule is Nc1nc2c(ncn2[C@@H]2O[C@H](CO)[C@@H](O)[C@H]2P(=O)(O)O[C@](O)(CO[P+](=O)O)[C@@H](O)n2ccc3c(Cl)ncnc32)c(=O)[nH]1. The van der Waals surface area contributed by atoms with Gasteiger partial charge in [-0.3, -0.25) is 23.4 Å². The Bertz CT molecular complexity index is 1770. The summed E-state index contributed by atoms with van der Waals surface area (Å²) in [5, 5.41) is 43.3. The van der Waals surface area contributed by atoms with Gasteiger partial charge in [-0.05, 0) is 6.07 Å². The minimum Gasteiger partial charge on any atom is -0.394 e. The van der Waals surface area contributed by atoms with Crippen LogP contribution in [0.5, 0.6) is 0 Å². The maximum absolute atomic E-state index is 13.9. The molecule has 0 aromatic carbocycles. The van der Waals surface area contributed by atoms with E-state index in [9.17, 15) is 44.1 Å². The first-order valence-corrected chi connectivity index (χ1v) is 14.8. The second-order valence-corrected chi connectivity index (χ2v) is 12.0. The molecule has 5 heterocycles. The fourth-order valence-electron chi connectivity index (χ4n) is 4.53. The Morgan fingerprint density at radius 2 is 2.07 bits per heavy atom. The topological polar surface area (TPSA) is 304 Å². The highest BCUT2D eigenvalue weighted by atomic mass is 35.5. The lowest BCUT2D eigenvalue weighted by atomic mass is 10.2. The number of fused-ring (bicyclic) bond motifs is 2. The van der Waals surface area contributed by atoms with Crippen molar-refractivity contribution in [3.8, 4) is 0 Å². The van der Waals surface area contributed by atoms with Crippen molar-refractivity contribution in [3.63, 3.8) is 0 Å². The number of nitrogens with zero attached hydrogens (tertiary/aromatic N) is 6. The third-order valence-electron chi connectivity index (χ3n) is 6.42. The van der Waals surface area contributed by atoms with Crippen molar-refractivity contribution >= 4 is 55.6 Å². The van der Waals surface area contributed by atoms with Crippen LogP contribution in [-0.2, 0) is 22.9 Å². The number of hydrogen-bond acceptors (Lipinski definition) is 15. The minimum atomic E-state index is -5.47. The smallest absolute Gasteiger partial charge is 0.394 e. The number of aromatic amines is 1. The van der Waals surface area contributed by atoms with Crippen LogP contribution >= 0.6 is 27.5 Å². The van der Waals surface area contributed by atoms with Crippen molar-refractivity contribution in [2.45, 2.75) is 36.1 Å². The molecule has 1 aliphatic rings. The van der Waals surface area contributed by atoms with Gasteiger partial charge in [0.1, 0.15) is 35.0 Å². The Hall–Kier alpha value is -2.97. The molecule has 1 aliphatic heterocycles. The number of hydrogen-bond donors (Lipinski definition) is 8. The third kappa shape index (κ3) is 5.32. The van der Waals surface area contributed by atoms with Gasteiger partial charge in [0.25, 0.3) is 5.56 Å². The highest BCUT2D eigenvalue weighted by Crippen LogP contribution is 2.60. The predicted octanol–water partition coefficient (Wildman–Crippen LogP) is -1.53. The van der Waals surface area contributed by atoms with Crippen LogP contribution in [0.3, 0.4) is 0 Å². The van der Waals surface area contributed by atoms with E-state index in [4.69, 9.17) is 26.6 Å². The summed E-state index contributed by atoms with van der Waals surface area (Å²) >= 11 is 6.03. The first-order chi connectivity index (χ1) is 19.8. The van der Waals surface area contributed by atoms with Gasteiger partial charge in [-0.1, -0.05) is 11.6 Å². The number of imidazole rings is 1.